The fraction of sp³-hybridized carbons (Fsp3) is 0.0833. The standard InChI is InChI=1S/C12H8Br2O4S2/c13-8-4-9(19-5-8)6-20(17,18)11-3-7(12(15)16)1-2-10(11)14/h1-5H,6H2,(H,15,16). The van der Waals surface area contributed by atoms with E-state index in [1.54, 1.807) is 11.4 Å². The molecule has 2 aromatic rings. The number of aromatic carboxylic acids is 1. The second-order valence-electron chi connectivity index (χ2n) is 3.94. The van der Waals surface area contributed by atoms with E-state index in [-0.39, 0.29) is 16.2 Å². The number of hydrogen-bond donors (Lipinski definition) is 1. The van der Waals surface area contributed by atoms with Gasteiger partial charge in [0.2, 0.25) is 0 Å². The van der Waals surface area contributed by atoms with Crippen molar-refractivity contribution in [1.29, 1.82) is 0 Å². The summed E-state index contributed by atoms with van der Waals surface area (Å²) in [5.74, 6) is -1.32. The summed E-state index contributed by atoms with van der Waals surface area (Å²) in [6.45, 7) is 0. The van der Waals surface area contributed by atoms with Gasteiger partial charge in [-0.2, -0.15) is 0 Å². The topological polar surface area (TPSA) is 71.4 Å². The van der Waals surface area contributed by atoms with Crippen molar-refractivity contribution in [3.8, 4) is 0 Å². The first-order valence-corrected chi connectivity index (χ1v) is 9.40. The van der Waals surface area contributed by atoms with Crippen molar-refractivity contribution in [2.75, 3.05) is 0 Å². The number of benzene rings is 1. The molecule has 8 heteroatoms. The highest BCUT2D eigenvalue weighted by Crippen LogP contribution is 2.29. The summed E-state index contributed by atoms with van der Waals surface area (Å²) in [7, 11) is -3.61. The Kier molecular flexibility index (Phi) is 4.68. The summed E-state index contributed by atoms with van der Waals surface area (Å²) < 4.78 is 25.9. The summed E-state index contributed by atoms with van der Waals surface area (Å²) in [4.78, 5) is 11.6. The first-order chi connectivity index (χ1) is 9.29. The monoisotopic (exact) mass is 438 g/mol. The molecule has 0 fully saturated rings. The molecule has 0 saturated heterocycles. The predicted molar refractivity (Wildman–Crippen MR) is 84.0 cm³/mol. The number of carbonyl (C=O) groups is 1. The highest BCUT2D eigenvalue weighted by atomic mass is 79.9. The van der Waals surface area contributed by atoms with Gasteiger partial charge in [-0.05, 0) is 56.1 Å². The normalized spacial score (nSPS) is 11.5. The Morgan fingerprint density at radius 1 is 1.25 bits per heavy atom. The molecule has 0 aliphatic heterocycles. The van der Waals surface area contributed by atoms with E-state index in [1.807, 2.05) is 0 Å². The molecule has 1 N–H and O–H groups in total. The van der Waals surface area contributed by atoms with Crippen molar-refractivity contribution in [3.63, 3.8) is 0 Å². The van der Waals surface area contributed by atoms with Crippen molar-refractivity contribution in [2.24, 2.45) is 0 Å². The molecule has 0 atom stereocenters. The molecule has 2 rings (SSSR count). The molecule has 1 aromatic carbocycles. The molecule has 0 aliphatic rings. The number of hydrogen-bond acceptors (Lipinski definition) is 4. The van der Waals surface area contributed by atoms with Crippen molar-refractivity contribution < 1.29 is 18.3 Å². The Hall–Kier alpha value is -0.700. The van der Waals surface area contributed by atoms with Crippen molar-refractivity contribution in [1.82, 2.24) is 0 Å². The van der Waals surface area contributed by atoms with Crippen LogP contribution in [0.4, 0.5) is 0 Å². The first kappa shape index (κ1) is 15.7. The Morgan fingerprint density at radius 2 is 1.95 bits per heavy atom. The van der Waals surface area contributed by atoms with Crippen LogP contribution in [0.5, 0.6) is 0 Å². The molecule has 4 nitrogen and oxygen atoms in total. The van der Waals surface area contributed by atoms with E-state index in [0.717, 1.165) is 4.47 Å². The van der Waals surface area contributed by atoms with E-state index in [2.05, 4.69) is 31.9 Å². The van der Waals surface area contributed by atoms with E-state index in [4.69, 9.17) is 5.11 Å². The average Bonchev–Trinajstić information content (AvgIpc) is 2.73. The Bertz CT molecular complexity index is 766. The van der Waals surface area contributed by atoms with Gasteiger partial charge in [0.15, 0.2) is 9.84 Å². The van der Waals surface area contributed by atoms with Gasteiger partial charge in [-0.25, -0.2) is 13.2 Å². The maximum atomic E-state index is 12.4. The molecular formula is C12H8Br2O4S2. The van der Waals surface area contributed by atoms with Gasteiger partial charge < -0.3 is 5.11 Å². The van der Waals surface area contributed by atoms with Crippen molar-refractivity contribution >= 4 is 59.0 Å². The molecule has 0 aliphatic carbocycles. The molecule has 0 spiro atoms. The fourth-order valence-corrected chi connectivity index (χ4v) is 5.81. The van der Waals surface area contributed by atoms with Crippen LogP contribution in [0.2, 0.25) is 0 Å². The van der Waals surface area contributed by atoms with Gasteiger partial charge in [0, 0.05) is 19.2 Å². The smallest absolute Gasteiger partial charge is 0.335 e. The highest BCUT2D eigenvalue weighted by molar-refractivity contribution is 9.10. The second-order valence-corrected chi connectivity index (χ2v) is 8.66. The van der Waals surface area contributed by atoms with Gasteiger partial charge in [0.25, 0.3) is 0 Å². The van der Waals surface area contributed by atoms with Crippen LogP contribution in [0.1, 0.15) is 15.2 Å². The quantitative estimate of drug-likeness (QED) is 0.782. The fourth-order valence-electron chi connectivity index (χ4n) is 1.57. The lowest BCUT2D eigenvalue weighted by Gasteiger charge is -2.07. The lowest BCUT2D eigenvalue weighted by molar-refractivity contribution is 0.0696. The van der Waals surface area contributed by atoms with Crippen LogP contribution >= 0.6 is 43.2 Å². The van der Waals surface area contributed by atoms with Crippen LogP contribution in [0, 0.1) is 0 Å². The van der Waals surface area contributed by atoms with Gasteiger partial charge in [0.1, 0.15) is 0 Å². The zero-order valence-electron chi connectivity index (χ0n) is 9.84. The number of thiophene rings is 1. The van der Waals surface area contributed by atoms with Crippen LogP contribution < -0.4 is 0 Å². The molecule has 0 unspecified atom stereocenters. The summed E-state index contributed by atoms with van der Waals surface area (Å²) in [6, 6.07) is 5.69. The maximum Gasteiger partial charge on any atom is 0.335 e. The summed E-state index contributed by atoms with van der Waals surface area (Å²) >= 11 is 7.76. The first-order valence-electron chi connectivity index (χ1n) is 5.28. The zero-order chi connectivity index (χ0) is 14.9. The van der Waals surface area contributed by atoms with E-state index < -0.39 is 15.8 Å². The molecular weight excluding hydrogens is 432 g/mol. The van der Waals surface area contributed by atoms with Crippen molar-refractivity contribution in [3.05, 3.63) is 49.0 Å². The molecule has 1 aromatic heterocycles. The summed E-state index contributed by atoms with van der Waals surface area (Å²) in [5, 5.41) is 10.7. The Labute approximate surface area is 136 Å². The van der Waals surface area contributed by atoms with Crippen molar-refractivity contribution in [2.45, 2.75) is 10.6 Å². The average molecular weight is 440 g/mol. The number of halogens is 2. The molecule has 0 radical (unpaired) electrons. The van der Waals surface area contributed by atoms with Gasteiger partial charge in [-0.3, -0.25) is 0 Å². The lowest BCUT2D eigenvalue weighted by atomic mass is 10.2. The predicted octanol–water partition coefficient (Wildman–Crippen LogP) is 3.95. The van der Waals surface area contributed by atoms with Crippen LogP contribution in [0.25, 0.3) is 0 Å². The number of carboxylic acids is 1. The van der Waals surface area contributed by atoms with Gasteiger partial charge in [0.05, 0.1) is 16.2 Å². The Balaban J connectivity index is 2.43. The van der Waals surface area contributed by atoms with E-state index >= 15 is 0 Å². The third-order valence-electron chi connectivity index (χ3n) is 2.47. The minimum atomic E-state index is -3.61. The molecule has 1 heterocycles. The van der Waals surface area contributed by atoms with E-state index in [0.29, 0.717) is 9.35 Å². The largest absolute Gasteiger partial charge is 0.478 e. The minimum absolute atomic E-state index is 0.0121. The summed E-state index contributed by atoms with van der Waals surface area (Å²) in [5.41, 5.74) is -0.0564. The third kappa shape index (κ3) is 3.49. The minimum Gasteiger partial charge on any atom is -0.478 e. The molecule has 0 amide bonds. The van der Waals surface area contributed by atoms with E-state index in [9.17, 15) is 13.2 Å². The molecule has 0 saturated carbocycles. The SMILES string of the molecule is O=C(O)c1ccc(Br)c(S(=O)(=O)Cc2cc(Br)cs2)c1. The molecule has 20 heavy (non-hydrogen) atoms. The zero-order valence-corrected chi connectivity index (χ0v) is 14.6. The number of rotatable bonds is 4. The van der Waals surface area contributed by atoms with Gasteiger partial charge in [-0.15, -0.1) is 11.3 Å². The van der Waals surface area contributed by atoms with Crippen LogP contribution in [-0.2, 0) is 15.6 Å². The van der Waals surface area contributed by atoms with E-state index in [1.165, 1.54) is 29.5 Å². The lowest BCUT2D eigenvalue weighted by Crippen LogP contribution is -2.07. The summed E-state index contributed by atoms with van der Waals surface area (Å²) in [6.07, 6.45) is 0. The molecule has 0 bridgehead atoms. The number of sulfone groups is 1. The van der Waals surface area contributed by atoms with Crippen LogP contribution in [0.15, 0.2) is 43.5 Å². The van der Waals surface area contributed by atoms with Gasteiger partial charge in [-0.1, -0.05) is 0 Å². The number of carboxylic acid groups (broad SMARTS) is 1. The maximum absolute atomic E-state index is 12.4. The highest BCUT2D eigenvalue weighted by Gasteiger charge is 2.21. The Morgan fingerprint density at radius 3 is 2.50 bits per heavy atom. The van der Waals surface area contributed by atoms with Crippen LogP contribution in [0.3, 0.4) is 0 Å². The van der Waals surface area contributed by atoms with Gasteiger partial charge >= 0.3 is 5.97 Å². The third-order valence-corrected chi connectivity index (χ3v) is 7.00. The van der Waals surface area contributed by atoms with Crippen LogP contribution in [-0.4, -0.2) is 19.5 Å². The second kappa shape index (κ2) is 5.97. The molecule has 106 valence electrons.